The van der Waals surface area contributed by atoms with Crippen molar-refractivity contribution >= 4 is 21.6 Å². The Morgan fingerprint density at radius 3 is 2.52 bits per heavy atom. The largest absolute Gasteiger partial charge is 0.244 e. The van der Waals surface area contributed by atoms with Crippen molar-refractivity contribution < 1.29 is 12.8 Å². The maximum atomic E-state index is 13.9. The summed E-state index contributed by atoms with van der Waals surface area (Å²) < 4.78 is 42.7. The Hall–Kier alpha value is -2.29. The van der Waals surface area contributed by atoms with Crippen LogP contribution in [0.25, 0.3) is 5.69 Å². The monoisotopic (exact) mass is 380 g/mol. The van der Waals surface area contributed by atoms with Crippen molar-refractivity contribution in [1.29, 1.82) is 0 Å². The van der Waals surface area contributed by atoms with Crippen LogP contribution in [0.15, 0.2) is 60.0 Å². The van der Waals surface area contributed by atoms with Crippen molar-refractivity contribution in [3.8, 4) is 5.69 Å². The van der Waals surface area contributed by atoms with Crippen molar-refractivity contribution in [2.75, 3.05) is 0 Å². The van der Waals surface area contributed by atoms with Gasteiger partial charge in [0.1, 0.15) is 23.4 Å². The third-order valence-corrected chi connectivity index (χ3v) is 5.40. The zero-order valence-corrected chi connectivity index (χ0v) is 14.7. The van der Waals surface area contributed by atoms with Crippen LogP contribution in [0, 0.1) is 5.82 Å². The Labute approximate surface area is 149 Å². The summed E-state index contributed by atoms with van der Waals surface area (Å²) in [5.41, 5.74) is 1.52. The number of nitrogens with one attached hydrogen (secondary N) is 1. The van der Waals surface area contributed by atoms with Gasteiger partial charge in [0.05, 0.1) is 5.69 Å². The number of hydrogen-bond acceptors (Lipinski definition) is 4. The quantitative estimate of drug-likeness (QED) is 0.737. The van der Waals surface area contributed by atoms with Gasteiger partial charge in [-0.1, -0.05) is 23.7 Å². The highest BCUT2D eigenvalue weighted by Crippen LogP contribution is 2.22. The average Bonchev–Trinajstić information content (AvgIpc) is 3.08. The first-order valence-corrected chi connectivity index (χ1v) is 9.15. The summed E-state index contributed by atoms with van der Waals surface area (Å²) >= 11 is 5.66. The normalized spacial score (nSPS) is 12.9. The summed E-state index contributed by atoms with van der Waals surface area (Å²) in [6.45, 7) is 1.68. The molecule has 0 aliphatic rings. The molecule has 0 spiro atoms. The fourth-order valence-corrected chi connectivity index (χ4v) is 3.76. The van der Waals surface area contributed by atoms with Crippen molar-refractivity contribution in [3.05, 3.63) is 71.5 Å². The summed E-state index contributed by atoms with van der Waals surface area (Å²) in [6.07, 6.45) is 2.98. The second-order valence-corrected chi connectivity index (χ2v) is 7.47. The van der Waals surface area contributed by atoms with E-state index in [9.17, 15) is 12.8 Å². The molecule has 0 fully saturated rings. The lowest BCUT2D eigenvalue weighted by Crippen LogP contribution is -2.27. The van der Waals surface area contributed by atoms with Crippen LogP contribution in [0.1, 0.15) is 18.5 Å². The Kier molecular flexibility index (Phi) is 4.85. The molecule has 6 nitrogen and oxygen atoms in total. The van der Waals surface area contributed by atoms with Gasteiger partial charge in [0.2, 0.25) is 10.0 Å². The van der Waals surface area contributed by atoms with Crippen molar-refractivity contribution in [3.63, 3.8) is 0 Å². The molecule has 0 saturated carbocycles. The topological polar surface area (TPSA) is 76.9 Å². The number of sulfonamides is 1. The molecule has 25 heavy (non-hydrogen) atoms. The van der Waals surface area contributed by atoms with Crippen LogP contribution in [-0.2, 0) is 10.0 Å². The van der Waals surface area contributed by atoms with Gasteiger partial charge in [-0.3, -0.25) is 0 Å². The lowest BCUT2D eigenvalue weighted by molar-refractivity contribution is 0.547. The van der Waals surface area contributed by atoms with Gasteiger partial charge >= 0.3 is 0 Å². The molecule has 0 radical (unpaired) electrons. The van der Waals surface area contributed by atoms with E-state index in [1.807, 2.05) is 0 Å². The Balaban J connectivity index is 1.80. The van der Waals surface area contributed by atoms with Gasteiger partial charge in [0.25, 0.3) is 0 Å². The number of hydrogen-bond donors (Lipinski definition) is 1. The smallest absolute Gasteiger partial charge is 0.223 e. The van der Waals surface area contributed by atoms with Gasteiger partial charge in [-0.15, -0.1) is 0 Å². The number of rotatable bonds is 5. The van der Waals surface area contributed by atoms with E-state index in [4.69, 9.17) is 11.6 Å². The fourth-order valence-electron chi connectivity index (χ4n) is 2.31. The number of nitrogens with zero attached hydrogens (tertiary/aromatic N) is 3. The molecular formula is C16H14ClFN4O2S. The van der Waals surface area contributed by atoms with Crippen LogP contribution in [0.3, 0.4) is 0 Å². The van der Waals surface area contributed by atoms with E-state index < -0.39 is 26.8 Å². The first-order chi connectivity index (χ1) is 11.9. The Morgan fingerprint density at radius 1 is 1.20 bits per heavy atom. The molecule has 1 aromatic heterocycles. The fraction of sp³-hybridized carbons (Fsp3) is 0.125. The molecule has 0 unspecified atom stereocenters. The van der Waals surface area contributed by atoms with Gasteiger partial charge in [-0.2, -0.15) is 5.10 Å². The third kappa shape index (κ3) is 3.87. The van der Waals surface area contributed by atoms with Gasteiger partial charge in [-0.05, 0) is 42.8 Å². The van der Waals surface area contributed by atoms with E-state index in [1.54, 1.807) is 42.2 Å². The maximum absolute atomic E-state index is 13.9. The molecule has 0 amide bonds. The summed E-state index contributed by atoms with van der Waals surface area (Å²) in [4.78, 5) is 3.43. The highest BCUT2D eigenvalue weighted by atomic mass is 35.5. The summed E-state index contributed by atoms with van der Waals surface area (Å²) in [5.74, 6) is -0.895. The zero-order valence-electron chi connectivity index (χ0n) is 13.1. The summed E-state index contributed by atoms with van der Waals surface area (Å²) in [5, 5.41) is 4.15. The van der Waals surface area contributed by atoms with Crippen LogP contribution in [0.4, 0.5) is 4.39 Å². The van der Waals surface area contributed by atoms with Gasteiger partial charge in [0, 0.05) is 11.1 Å². The molecule has 0 bridgehead atoms. The Bertz CT molecular complexity index is 976. The lowest BCUT2D eigenvalue weighted by Gasteiger charge is -2.15. The van der Waals surface area contributed by atoms with Crippen LogP contribution in [-0.4, -0.2) is 23.2 Å². The lowest BCUT2D eigenvalue weighted by atomic mass is 10.1. The van der Waals surface area contributed by atoms with E-state index in [-0.39, 0.29) is 5.02 Å². The van der Waals surface area contributed by atoms with E-state index in [1.165, 1.54) is 12.4 Å². The zero-order chi connectivity index (χ0) is 18.0. The minimum atomic E-state index is -4.02. The van der Waals surface area contributed by atoms with E-state index in [0.717, 1.165) is 23.4 Å². The summed E-state index contributed by atoms with van der Waals surface area (Å²) in [6, 6.07) is 10.00. The first kappa shape index (κ1) is 17.5. The van der Waals surface area contributed by atoms with Crippen molar-refractivity contribution in [2.24, 2.45) is 0 Å². The van der Waals surface area contributed by atoms with E-state index >= 15 is 0 Å². The van der Waals surface area contributed by atoms with Gasteiger partial charge < -0.3 is 0 Å². The minimum absolute atomic E-state index is 0.133. The van der Waals surface area contributed by atoms with E-state index in [0.29, 0.717) is 0 Å². The second kappa shape index (κ2) is 6.91. The molecule has 1 heterocycles. The van der Waals surface area contributed by atoms with Crippen LogP contribution >= 0.6 is 11.6 Å². The predicted octanol–water partition coefficient (Wildman–Crippen LogP) is 3.10. The molecule has 1 atom stereocenters. The van der Waals surface area contributed by atoms with Crippen molar-refractivity contribution in [2.45, 2.75) is 17.9 Å². The molecule has 3 rings (SSSR count). The number of benzene rings is 2. The number of aromatic nitrogens is 3. The molecule has 3 aromatic rings. The predicted molar refractivity (Wildman–Crippen MR) is 91.5 cm³/mol. The molecule has 0 aliphatic heterocycles. The van der Waals surface area contributed by atoms with Gasteiger partial charge in [0.15, 0.2) is 0 Å². The average molecular weight is 381 g/mol. The van der Waals surface area contributed by atoms with E-state index in [2.05, 4.69) is 14.8 Å². The first-order valence-electron chi connectivity index (χ1n) is 7.29. The summed E-state index contributed by atoms with van der Waals surface area (Å²) in [7, 11) is -4.02. The molecule has 9 heteroatoms. The van der Waals surface area contributed by atoms with Crippen LogP contribution < -0.4 is 4.72 Å². The molecule has 1 N–H and O–H groups in total. The van der Waals surface area contributed by atoms with Gasteiger partial charge in [-0.25, -0.2) is 27.2 Å². The molecule has 0 saturated heterocycles. The SMILES string of the molecule is C[C@H](NS(=O)(=O)c1ccc(Cl)cc1F)c1ccc(-n2cncn2)cc1. The molecule has 130 valence electrons. The molecule has 0 aliphatic carbocycles. The van der Waals surface area contributed by atoms with Crippen LogP contribution in [0.5, 0.6) is 0 Å². The third-order valence-electron chi connectivity index (χ3n) is 3.59. The van der Waals surface area contributed by atoms with Crippen LogP contribution in [0.2, 0.25) is 5.02 Å². The minimum Gasteiger partial charge on any atom is -0.223 e. The molecular weight excluding hydrogens is 367 g/mol. The maximum Gasteiger partial charge on any atom is 0.244 e. The highest BCUT2D eigenvalue weighted by molar-refractivity contribution is 7.89. The molecule has 2 aromatic carbocycles. The number of halogens is 2. The Morgan fingerprint density at radius 2 is 1.92 bits per heavy atom. The standard InChI is InChI=1S/C16H14ClFN4O2S/c1-11(12-2-5-14(6-3-12)22-10-19-9-20-22)21-25(23,24)16-7-4-13(17)8-15(16)18/h2-11,21H,1H3/t11-/m0/s1. The second-order valence-electron chi connectivity index (χ2n) is 5.35. The highest BCUT2D eigenvalue weighted by Gasteiger charge is 2.22. The van der Waals surface area contributed by atoms with Crippen molar-refractivity contribution in [1.82, 2.24) is 19.5 Å².